The van der Waals surface area contributed by atoms with Crippen molar-refractivity contribution in [3.8, 4) is 5.75 Å². The van der Waals surface area contributed by atoms with Crippen molar-refractivity contribution in [3.05, 3.63) is 59.6 Å². The van der Waals surface area contributed by atoms with Crippen LogP contribution in [0.1, 0.15) is 5.56 Å². The number of nitrogens with one attached hydrogen (secondary N) is 1. The summed E-state index contributed by atoms with van der Waals surface area (Å²) in [6, 6.07) is 6.79. The Hall–Kier alpha value is -3.49. The van der Waals surface area contributed by atoms with Crippen LogP contribution in [0, 0.1) is 17.5 Å². The largest absolute Gasteiger partial charge is 0.497 e. The summed E-state index contributed by atoms with van der Waals surface area (Å²) in [6.07, 6.45) is 1.43. The van der Waals surface area contributed by atoms with Crippen LogP contribution in [0.3, 0.4) is 0 Å². The van der Waals surface area contributed by atoms with Crippen molar-refractivity contribution in [1.82, 2.24) is 4.90 Å². The van der Waals surface area contributed by atoms with Crippen LogP contribution >= 0.6 is 0 Å². The second-order valence-electron chi connectivity index (χ2n) is 6.32. The van der Waals surface area contributed by atoms with E-state index in [4.69, 9.17) is 9.15 Å². The zero-order valence-corrected chi connectivity index (χ0v) is 15.6. The Bertz CT molecular complexity index is 1080. The van der Waals surface area contributed by atoms with Crippen LogP contribution in [0.4, 0.5) is 18.9 Å². The number of carbonyl (C=O) groups is 2. The number of ether oxygens (including phenoxy) is 1. The van der Waals surface area contributed by atoms with Gasteiger partial charge in [-0.3, -0.25) is 9.59 Å². The molecule has 0 radical (unpaired) electrons. The van der Waals surface area contributed by atoms with Gasteiger partial charge in [0.05, 0.1) is 32.0 Å². The van der Waals surface area contributed by atoms with Gasteiger partial charge in [0.2, 0.25) is 11.8 Å². The van der Waals surface area contributed by atoms with Crippen LogP contribution < -0.4 is 10.1 Å². The Balaban J connectivity index is 1.63. The minimum Gasteiger partial charge on any atom is -0.497 e. The number of nitrogens with zero attached hydrogens (tertiary/aromatic N) is 1. The van der Waals surface area contributed by atoms with Gasteiger partial charge < -0.3 is 19.4 Å². The summed E-state index contributed by atoms with van der Waals surface area (Å²) in [4.78, 5) is 25.6. The van der Waals surface area contributed by atoms with Gasteiger partial charge in [0.15, 0.2) is 17.5 Å². The minimum atomic E-state index is -1.68. The van der Waals surface area contributed by atoms with Crippen LogP contribution in [-0.4, -0.2) is 37.4 Å². The molecule has 0 aliphatic carbocycles. The molecule has 0 saturated carbocycles. The SMILES string of the molecule is COc1ccc2c(CC(=O)N(C)CC(=O)Nc3ccc(F)c(F)c3F)coc2c1. The molecule has 1 aromatic heterocycles. The number of methoxy groups -OCH3 is 1. The first-order valence-corrected chi connectivity index (χ1v) is 8.51. The van der Waals surface area contributed by atoms with E-state index in [1.54, 1.807) is 18.2 Å². The molecular weight excluding hydrogens is 389 g/mol. The van der Waals surface area contributed by atoms with E-state index in [0.29, 0.717) is 23.0 Å². The maximum atomic E-state index is 13.6. The average Bonchev–Trinajstić information content (AvgIpc) is 3.10. The molecule has 2 aromatic carbocycles. The second-order valence-corrected chi connectivity index (χ2v) is 6.32. The molecular formula is C20H17F3N2O4. The lowest BCUT2D eigenvalue weighted by molar-refractivity contribution is -0.132. The first-order valence-electron chi connectivity index (χ1n) is 8.51. The van der Waals surface area contributed by atoms with Crippen molar-refractivity contribution in [2.24, 2.45) is 0 Å². The molecule has 29 heavy (non-hydrogen) atoms. The number of hydrogen-bond acceptors (Lipinski definition) is 4. The van der Waals surface area contributed by atoms with Gasteiger partial charge in [0, 0.05) is 24.1 Å². The first kappa shape index (κ1) is 20.2. The summed E-state index contributed by atoms with van der Waals surface area (Å²) in [7, 11) is 2.93. The third-order valence-corrected chi connectivity index (χ3v) is 4.32. The van der Waals surface area contributed by atoms with E-state index in [2.05, 4.69) is 5.32 Å². The zero-order chi connectivity index (χ0) is 21.1. The summed E-state index contributed by atoms with van der Waals surface area (Å²) in [6.45, 7) is -0.402. The number of fused-ring (bicyclic) bond motifs is 1. The van der Waals surface area contributed by atoms with Gasteiger partial charge in [-0.05, 0) is 24.3 Å². The summed E-state index contributed by atoms with van der Waals surface area (Å²) in [5.41, 5.74) is 0.678. The highest BCUT2D eigenvalue weighted by molar-refractivity contribution is 5.95. The highest BCUT2D eigenvalue weighted by Gasteiger charge is 2.19. The van der Waals surface area contributed by atoms with Gasteiger partial charge in [0.25, 0.3) is 0 Å². The lowest BCUT2D eigenvalue weighted by atomic mass is 10.1. The van der Waals surface area contributed by atoms with Gasteiger partial charge in [-0.2, -0.15) is 0 Å². The quantitative estimate of drug-likeness (QED) is 0.636. The van der Waals surface area contributed by atoms with Gasteiger partial charge >= 0.3 is 0 Å². The molecule has 0 unspecified atom stereocenters. The second kappa shape index (κ2) is 8.26. The van der Waals surface area contributed by atoms with Gasteiger partial charge in [0.1, 0.15) is 11.3 Å². The fourth-order valence-corrected chi connectivity index (χ4v) is 2.74. The van der Waals surface area contributed by atoms with Crippen LogP contribution in [0.25, 0.3) is 11.0 Å². The number of hydrogen-bond donors (Lipinski definition) is 1. The third kappa shape index (κ3) is 4.34. The minimum absolute atomic E-state index is 0.0252. The molecule has 1 heterocycles. The molecule has 0 saturated heterocycles. The lowest BCUT2D eigenvalue weighted by Crippen LogP contribution is -2.36. The maximum Gasteiger partial charge on any atom is 0.244 e. The van der Waals surface area contributed by atoms with Gasteiger partial charge in [-0.25, -0.2) is 13.2 Å². The van der Waals surface area contributed by atoms with Gasteiger partial charge in [-0.15, -0.1) is 0 Å². The number of carbonyl (C=O) groups excluding carboxylic acids is 2. The first-order chi connectivity index (χ1) is 13.8. The smallest absolute Gasteiger partial charge is 0.244 e. The molecule has 9 heteroatoms. The van der Waals surface area contributed by atoms with Crippen molar-refractivity contribution < 1.29 is 31.9 Å². The number of rotatable bonds is 6. The monoisotopic (exact) mass is 406 g/mol. The molecule has 0 aliphatic heterocycles. The van der Waals surface area contributed by atoms with Gasteiger partial charge in [-0.1, -0.05) is 0 Å². The van der Waals surface area contributed by atoms with E-state index in [-0.39, 0.29) is 12.3 Å². The standard InChI is InChI=1S/C20H17F3N2O4/c1-25(9-17(26)24-15-6-5-14(21)19(22)20(15)23)18(27)7-11-10-29-16-8-12(28-2)3-4-13(11)16/h3-6,8,10H,7,9H2,1-2H3,(H,24,26). The highest BCUT2D eigenvalue weighted by Crippen LogP contribution is 2.26. The van der Waals surface area contributed by atoms with E-state index in [1.165, 1.54) is 20.4 Å². The average molecular weight is 406 g/mol. The van der Waals surface area contributed by atoms with E-state index >= 15 is 0 Å². The van der Waals surface area contributed by atoms with E-state index < -0.39 is 35.6 Å². The highest BCUT2D eigenvalue weighted by atomic mass is 19.2. The number of halogens is 3. The number of anilines is 1. The molecule has 2 amide bonds. The van der Waals surface area contributed by atoms with Crippen LogP contribution in [-0.2, 0) is 16.0 Å². The number of benzene rings is 2. The Morgan fingerprint density at radius 1 is 1.14 bits per heavy atom. The topological polar surface area (TPSA) is 71.8 Å². The number of furan rings is 1. The fraction of sp³-hybridized carbons (Fsp3) is 0.200. The maximum absolute atomic E-state index is 13.6. The molecule has 0 spiro atoms. The molecule has 0 bridgehead atoms. The van der Waals surface area contributed by atoms with Crippen molar-refractivity contribution >= 4 is 28.5 Å². The summed E-state index contributed by atoms with van der Waals surface area (Å²) in [5.74, 6) is -5.08. The van der Waals surface area contributed by atoms with E-state index in [9.17, 15) is 22.8 Å². The summed E-state index contributed by atoms with van der Waals surface area (Å²) in [5, 5.41) is 2.86. The number of likely N-dealkylation sites (N-methyl/N-ethyl adjacent to an activating group) is 1. The van der Waals surface area contributed by atoms with Crippen LogP contribution in [0.15, 0.2) is 41.0 Å². The predicted octanol–water partition coefficient (Wildman–Crippen LogP) is 3.50. The van der Waals surface area contributed by atoms with Crippen molar-refractivity contribution in [2.45, 2.75) is 6.42 Å². The number of amides is 2. The van der Waals surface area contributed by atoms with Crippen LogP contribution in [0.5, 0.6) is 5.75 Å². The predicted molar refractivity (Wildman–Crippen MR) is 99.1 cm³/mol. The Kier molecular flexibility index (Phi) is 5.76. The molecule has 152 valence electrons. The van der Waals surface area contributed by atoms with Crippen molar-refractivity contribution in [3.63, 3.8) is 0 Å². The molecule has 0 fully saturated rings. The molecule has 3 aromatic rings. The molecule has 6 nitrogen and oxygen atoms in total. The molecule has 0 aliphatic rings. The van der Waals surface area contributed by atoms with Crippen molar-refractivity contribution in [1.29, 1.82) is 0 Å². The molecule has 3 rings (SSSR count). The van der Waals surface area contributed by atoms with E-state index in [0.717, 1.165) is 16.4 Å². The lowest BCUT2D eigenvalue weighted by Gasteiger charge is -2.17. The third-order valence-electron chi connectivity index (χ3n) is 4.32. The summed E-state index contributed by atoms with van der Waals surface area (Å²) >= 11 is 0. The normalized spacial score (nSPS) is 10.8. The van der Waals surface area contributed by atoms with Crippen molar-refractivity contribution in [2.75, 3.05) is 26.0 Å². The Morgan fingerprint density at radius 3 is 2.62 bits per heavy atom. The Morgan fingerprint density at radius 2 is 1.90 bits per heavy atom. The molecule has 0 atom stereocenters. The molecule has 1 N–H and O–H groups in total. The fourth-order valence-electron chi connectivity index (χ4n) is 2.74. The van der Waals surface area contributed by atoms with Crippen LogP contribution in [0.2, 0.25) is 0 Å². The summed E-state index contributed by atoms with van der Waals surface area (Å²) < 4.78 is 50.4. The zero-order valence-electron chi connectivity index (χ0n) is 15.6. The van der Waals surface area contributed by atoms with E-state index in [1.807, 2.05) is 0 Å². The Labute approximate surface area is 163 Å².